The van der Waals surface area contributed by atoms with E-state index in [0.717, 1.165) is 22.4 Å². The third-order valence-electron chi connectivity index (χ3n) is 1.65. The first-order chi connectivity index (χ1) is 7.40. The molecule has 0 aromatic heterocycles. The molecular formula is C12H16O3S. The molecule has 0 radical (unpaired) electrons. The fourth-order valence-corrected chi connectivity index (χ4v) is 1.77. The highest BCUT2D eigenvalue weighted by Gasteiger charge is 2.17. The summed E-state index contributed by atoms with van der Waals surface area (Å²) in [5.41, 5.74) is -0.448. The number of carbonyl (C=O) groups excluding carboxylic acids is 1. The fourth-order valence-electron chi connectivity index (χ4n) is 1.01. The molecule has 1 aromatic carbocycles. The van der Waals surface area contributed by atoms with Crippen LogP contribution in [0.1, 0.15) is 20.8 Å². The van der Waals surface area contributed by atoms with E-state index >= 15 is 0 Å². The van der Waals surface area contributed by atoms with Gasteiger partial charge in [-0.05, 0) is 56.8 Å². The van der Waals surface area contributed by atoms with Gasteiger partial charge in [0.1, 0.15) is 11.4 Å². The van der Waals surface area contributed by atoms with E-state index in [0.29, 0.717) is 0 Å². The molecule has 4 heteroatoms. The van der Waals surface area contributed by atoms with Gasteiger partial charge in [0.2, 0.25) is 0 Å². The molecule has 1 aromatic rings. The van der Waals surface area contributed by atoms with Crippen LogP contribution < -0.4 is 4.74 Å². The van der Waals surface area contributed by atoms with Gasteiger partial charge in [0, 0.05) is 4.90 Å². The molecule has 0 heterocycles. The van der Waals surface area contributed by atoms with E-state index < -0.39 is 5.60 Å². The van der Waals surface area contributed by atoms with Crippen molar-refractivity contribution in [3.05, 3.63) is 24.3 Å². The highest BCUT2D eigenvalue weighted by Crippen LogP contribution is 2.25. The van der Waals surface area contributed by atoms with Crippen LogP contribution in [-0.2, 0) is 4.74 Å². The predicted molar refractivity (Wildman–Crippen MR) is 65.1 cm³/mol. The van der Waals surface area contributed by atoms with Crippen LogP contribution >= 0.6 is 11.8 Å². The van der Waals surface area contributed by atoms with Crippen molar-refractivity contribution in [1.82, 2.24) is 0 Å². The average Bonchev–Trinajstić information content (AvgIpc) is 2.16. The molecule has 0 aliphatic carbocycles. The first kappa shape index (κ1) is 12.9. The number of rotatable bonds is 2. The maximum Gasteiger partial charge on any atom is 0.372 e. The van der Waals surface area contributed by atoms with E-state index in [2.05, 4.69) is 0 Å². The Morgan fingerprint density at radius 1 is 1.19 bits per heavy atom. The van der Waals surface area contributed by atoms with Crippen molar-refractivity contribution in [1.29, 1.82) is 0 Å². The van der Waals surface area contributed by atoms with Crippen LogP contribution in [0.15, 0.2) is 29.2 Å². The van der Waals surface area contributed by atoms with E-state index in [1.807, 2.05) is 45.0 Å². The van der Waals surface area contributed by atoms with Crippen molar-refractivity contribution in [2.24, 2.45) is 0 Å². The van der Waals surface area contributed by atoms with Crippen molar-refractivity contribution in [3.8, 4) is 5.75 Å². The zero-order chi connectivity index (χ0) is 12.2. The highest BCUT2D eigenvalue weighted by molar-refractivity contribution is 8.13. The first-order valence-electron chi connectivity index (χ1n) is 4.95. The maximum atomic E-state index is 11.5. The van der Waals surface area contributed by atoms with Gasteiger partial charge in [-0.2, -0.15) is 0 Å². The molecule has 88 valence electrons. The molecule has 3 nitrogen and oxygen atoms in total. The Bertz CT molecular complexity index is 352. The van der Waals surface area contributed by atoms with Crippen molar-refractivity contribution in [3.63, 3.8) is 0 Å². The molecule has 0 aliphatic heterocycles. The lowest BCUT2D eigenvalue weighted by atomic mass is 10.2. The summed E-state index contributed by atoms with van der Waals surface area (Å²) in [7, 11) is 1.61. The van der Waals surface area contributed by atoms with Crippen LogP contribution in [0.3, 0.4) is 0 Å². The molecule has 16 heavy (non-hydrogen) atoms. The van der Waals surface area contributed by atoms with Crippen LogP contribution in [-0.4, -0.2) is 18.0 Å². The van der Waals surface area contributed by atoms with Crippen LogP contribution in [0.25, 0.3) is 0 Å². The third kappa shape index (κ3) is 4.57. The number of hydrogen-bond acceptors (Lipinski definition) is 4. The summed E-state index contributed by atoms with van der Waals surface area (Å²) in [6.45, 7) is 5.54. The highest BCUT2D eigenvalue weighted by atomic mass is 32.2. The van der Waals surface area contributed by atoms with E-state index in [1.165, 1.54) is 0 Å². The molecule has 0 atom stereocenters. The first-order valence-corrected chi connectivity index (χ1v) is 5.77. The monoisotopic (exact) mass is 240 g/mol. The van der Waals surface area contributed by atoms with Gasteiger partial charge in [0.15, 0.2) is 0 Å². The molecule has 0 saturated carbocycles. The molecule has 0 aliphatic rings. The topological polar surface area (TPSA) is 35.5 Å². The van der Waals surface area contributed by atoms with Crippen molar-refractivity contribution < 1.29 is 14.3 Å². The number of benzene rings is 1. The summed E-state index contributed by atoms with van der Waals surface area (Å²) < 4.78 is 10.2. The van der Waals surface area contributed by atoms with Gasteiger partial charge in [-0.3, -0.25) is 0 Å². The number of methoxy groups -OCH3 is 1. The van der Waals surface area contributed by atoms with E-state index in [9.17, 15) is 4.79 Å². The summed E-state index contributed by atoms with van der Waals surface area (Å²) >= 11 is 1.07. The summed E-state index contributed by atoms with van der Waals surface area (Å²) in [5, 5.41) is -0.294. The Hall–Kier alpha value is -1.16. The zero-order valence-electron chi connectivity index (χ0n) is 9.94. The maximum absolute atomic E-state index is 11.5. The molecule has 0 bridgehead atoms. The number of thioether (sulfide) groups is 1. The number of carbonyl (C=O) groups is 1. The lowest BCUT2D eigenvalue weighted by Gasteiger charge is -2.18. The van der Waals surface area contributed by atoms with Gasteiger partial charge in [-0.1, -0.05) is 0 Å². The van der Waals surface area contributed by atoms with Gasteiger partial charge in [0.05, 0.1) is 7.11 Å². The van der Waals surface area contributed by atoms with Gasteiger partial charge < -0.3 is 9.47 Å². The molecule has 0 spiro atoms. The van der Waals surface area contributed by atoms with Crippen molar-refractivity contribution in [2.75, 3.05) is 7.11 Å². The molecule has 0 unspecified atom stereocenters. The fraction of sp³-hybridized carbons (Fsp3) is 0.417. The van der Waals surface area contributed by atoms with Crippen LogP contribution in [0, 0.1) is 0 Å². The van der Waals surface area contributed by atoms with Crippen molar-refractivity contribution in [2.45, 2.75) is 31.3 Å². The number of hydrogen-bond donors (Lipinski definition) is 0. The lowest BCUT2D eigenvalue weighted by Crippen LogP contribution is -2.21. The SMILES string of the molecule is COc1ccc(SC(=O)OC(C)(C)C)cc1. The second-order valence-corrected chi connectivity index (χ2v) is 5.25. The Labute approximate surface area is 100 Å². The van der Waals surface area contributed by atoms with Crippen LogP contribution in [0.4, 0.5) is 4.79 Å². The predicted octanol–water partition coefficient (Wildman–Crippen LogP) is 3.72. The van der Waals surface area contributed by atoms with E-state index in [1.54, 1.807) is 7.11 Å². The summed E-state index contributed by atoms with van der Waals surface area (Å²) in [4.78, 5) is 12.3. The quantitative estimate of drug-likeness (QED) is 0.583. The standard InChI is InChI=1S/C12H16O3S/c1-12(2,3)15-11(13)16-10-7-5-9(14-4)6-8-10/h5-8H,1-4H3. The van der Waals surface area contributed by atoms with Crippen LogP contribution in [0.5, 0.6) is 5.75 Å². The average molecular weight is 240 g/mol. The third-order valence-corrected chi connectivity index (χ3v) is 2.41. The Morgan fingerprint density at radius 3 is 2.19 bits per heavy atom. The minimum Gasteiger partial charge on any atom is -0.497 e. The summed E-state index contributed by atoms with van der Waals surface area (Å²) in [5.74, 6) is 0.772. The van der Waals surface area contributed by atoms with Gasteiger partial charge >= 0.3 is 5.30 Å². The van der Waals surface area contributed by atoms with Crippen molar-refractivity contribution >= 4 is 17.1 Å². The van der Waals surface area contributed by atoms with E-state index in [4.69, 9.17) is 9.47 Å². The summed E-state index contributed by atoms with van der Waals surface area (Å²) in [6.07, 6.45) is 0. The zero-order valence-corrected chi connectivity index (χ0v) is 10.8. The lowest BCUT2D eigenvalue weighted by molar-refractivity contribution is 0.0738. The largest absolute Gasteiger partial charge is 0.497 e. The van der Waals surface area contributed by atoms with E-state index in [-0.39, 0.29) is 5.30 Å². The second-order valence-electron chi connectivity index (χ2n) is 4.24. The van der Waals surface area contributed by atoms with Gasteiger partial charge in [0.25, 0.3) is 0 Å². The molecule has 0 fully saturated rings. The number of ether oxygens (including phenoxy) is 2. The molecule has 1 rings (SSSR count). The Kier molecular flexibility index (Phi) is 4.24. The second kappa shape index (κ2) is 5.25. The normalized spacial score (nSPS) is 11.0. The summed E-state index contributed by atoms with van der Waals surface area (Å²) in [6, 6.07) is 7.28. The van der Waals surface area contributed by atoms with Gasteiger partial charge in [-0.25, -0.2) is 4.79 Å². The van der Waals surface area contributed by atoms with Gasteiger partial charge in [-0.15, -0.1) is 0 Å². The molecule has 0 saturated heterocycles. The molecule has 0 amide bonds. The smallest absolute Gasteiger partial charge is 0.372 e. The Morgan fingerprint density at radius 2 is 1.75 bits per heavy atom. The molecular weight excluding hydrogens is 224 g/mol. The molecule has 0 N–H and O–H groups in total. The van der Waals surface area contributed by atoms with Crippen LogP contribution in [0.2, 0.25) is 0 Å². The minimum absolute atomic E-state index is 0.294. The minimum atomic E-state index is -0.448. The Balaban J connectivity index is 2.56.